The molecule has 28 heavy (non-hydrogen) atoms. The van der Waals surface area contributed by atoms with Crippen molar-refractivity contribution in [1.29, 1.82) is 0 Å². The number of allylic oxidation sites excluding steroid dienone is 1. The summed E-state index contributed by atoms with van der Waals surface area (Å²) in [6.45, 7) is 8.35. The number of ether oxygens (including phenoxy) is 1. The van der Waals surface area contributed by atoms with Gasteiger partial charge in [-0.05, 0) is 117 Å². The van der Waals surface area contributed by atoms with Crippen molar-refractivity contribution in [3.63, 3.8) is 0 Å². The molecule has 3 aliphatic rings. The molecule has 4 unspecified atom stereocenters. The van der Waals surface area contributed by atoms with Gasteiger partial charge in [0.25, 0.3) is 0 Å². The standard InChI is InChI=1S/C27H38O/c1-3-17-28-27-15-13-22(14-16-27)21-7-9-23(10-8-21)25-12-11-24-18-20(4-2)5-6-26(24)19-25/h3-4,13-16,20-21,23-26H,1-2,5-12,17-19H2. The molecule has 0 amide bonds. The van der Waals surface area contributed by atoms with E-state index < -0.39 is 0 Å². The normalized spacial score (nSPS) is 35.6. The van der Waals surface area contributed by atoms with Crippen LogP contribution in [0, 0.1) is 29.6 Å². The van der Waals surface area contributed by atoms with Crippen molar-refractivity contribution >= 4 is 0 Å². The summed E-state index contributed by atoms with van der Waals surface area (Å²) in [4.78, 5) is 0. The summed E-state index contributed by atoms with van der Waals surface area (Å²) in [5.74, 6) is 6.55. The molecule has 0 saturated heterocycles. The Bertz CT molecular complexity index is 637. The number of hydrogen-bond acceptors (Lipinski definition) is 1. The molecule has 3 saturated carbocycles. The van der Waals surface area contributed by atoms with E-state index in [2.05, 4.69) is 43.5 Å². The van der Waals surface area contributed by atoms with Crippen molar-refractivity contribution in [3.8, 4) is 5.75 Å². The molecule has 1 aromatic rings. The van der Waals surface area contributed by atoms with Gasteiger partial charge in [0.2, 0.25) is 0 Å². The summed E-state index contributed by atoms with van der Waals surface area (Å²) in [6.07, 6.45) is 18.5. The van der Waals surface area contributed by atoms with Gasteiger partial charge in [0.05, 0.1) is 0 Å². The lowest BCUT2D eigenvalue weighted by Crippen LogP contribution is -2.34. The second-order valence-electron chi connectivity index (χ2n) is 9.68. The summed E-state index contributed by atoms with van der Waals surface area (Å²) in [5, 5.41) is 0. The van der Waals surface area contributed by atoms with Crippen LogP contribution in [-0.2, 0) is 0 Å². The number of benzene rings is 1. The Labute approximate surface area is 172 Å². The Morgan fingerprint density at radius 3 is 2.04 bits per heavy atom. The lowest BCUT2D eigenvalue weighted by atomic mass is 9.61. The van der Waals surface area contributed by atoms with E-state index in [0.29, 0.717) is 6.61 Å². The molecule has 0 heterocycles. The molecule has 3 fully saturated rings. The Balaban J connectivity index is 1.26. The largest absolute Gasteiger partial charge is 0.490 e. The summed E-state index contributed by atoms with van der Waals surface area (Å²) in [6, 6.07) is 8.83. The smallest absolute Gasteiger partial charge is 0.119 e. The van der Waals surface area contributed by atoms with Crippen LogP contribution < -0.4 is 4.74 Å². The summed E-state index contributed by atoms with van der Waals surface area (Å²) in [5.41, 5.74) is 1.51. The third kappa shape index (κ3) is 4.56. The van der Waals surface area contributed by atoms with Crippen LogP contribution in [0.25, 0.3) is 0 Å². The predicted octanol–water partition coefficient (Wildman–Crippen LogP) is 7.54. The van der Waals surface area contributed by atoms with Gasteiger partial charge in [-0.15, -0.1) is 6.58 Å². The summed E-state index contributed by atoms with van der Waals surface area (Å²) in [7, 11) is 0. The Morgan fingerprint density at radius 2 is 1.36 bits per heavy atom. The maximum absolute atomic E-state index is 5.63. The zero-order valence-corrected chi connectivity index (χ0v) is 17.5. The molecular weight excluding hydrogens is 340 g/mol. The fraction of sp³-hybridized carbons (Fsp3) is 0.630. The van der Waals surface area contributed by atoms with E-state index in [4.69, 9.17) is 4.74 Å². The van der Waals surface area contributed by atoms with Crippen molar-refractivity contribution in [2.75, 3.05) is 6.61 Å². The van der Waals surface area contributed by atoms with Crippen LogP contribution in [0.15, 0.2) is 49.6 Å². The fourth-order valence-electron chi connectivity index (χ4n) is 6.52. The monoisotopic (exact) mass is 378 g/mol. The molecule has 0 spiro atoms. The van der Waals surface area contributed by atoms with Crippen LogP contribution in [-0.4, -0.2) is 6.61 Å². The maximum Gasteiger partial charge on any atom is 0.119 e. The van der Waals surface area contributed by atoms with Gasteiger partial charge in [0.1, 0.15) is 12.4 Å². The van der Waals surface area contributed by atoms with Crippen LogP contribution >= 0.6 is 0 Å². The van der Waals surface area contributed by atoms with Crippen molar-refractivity contribution in [3.05, 3.63) is 55.1 Å². The molecule has 0 aromatic heterocycles. The second-order valence-corrected chi connectivity index (χ2v) is 9.68. The quantitative estimate of drug-likeness (QED) is 0.464. The molecular formula is C27H38O. The average molecular weight is 379 g/mol. The molecule has 152 valence electrons. The Hall–Kier alpha value is -1.50. The second kappa shape index (κ2) is 9.33. The Kier molecular flexibility index (Phi) is 6.60. The highest BCUT2D eigenvalue weighted by atomic mass is 16.5. The van der Waals surface area contributed by atoms with Crippen molar-refractivity contribution < 1.29 is 4.74 Å². The topological polar surface area (TPSA) is 9.23 Å². The molecule has 4 atom stereocenters. The van der Waals surface area contributed by atoms with Gasteiger partial charge in [-0.2, -0.15) is 0 Å². The summed E-state index contributed by atoms with van der Waals surface area (Å²) < 4.78 is 5.63. The molecule has 3 aliphatic carbocycles. The molecule has 0 bridgehead atoms. The summed E-state index contributed by atoms with van der Waals surface area (Å²) >= 11 is 0. The highest BCUT2D eigenvalue weighted by molar-refractivity contribution is 5.29. The first-order valence-corrected chi connectivity index (χ1v) is 11.7. The first-order valence-electron chi connectivity index (χ1n) is 11.7. The molecule has 1 aromatic carbocycles. The minimum atomic E-state index is 0.585. The van der Waals surface area contributed by atoms with Gasteiger partial charge in [-0.3, -0.25) is 0 Å². The molecule has 0 N–H and O–H groups in total. The number of rotatable bonds is 6. The van der Waals surface area contributed by atoms with Crippen LogP contribution in [0.1, 0.15) is 75.7 Å². The van der Waals surface area contributed by atoms with E-state index in [-0.39, 0.29) is 0 Å². The van der Waals surface area contributed by atoms with Gasteiger partial charge in [0, 0.05) is 0 Å². The zero-order chi connectivity index (χ0) is 19.3. The van der Waals surface area contributed by atoms with Gasteiger partial charge < -0.3 is 4.74 Å². The Morgan fingerprint density at radius 1 is 0.750 bits per heavy atom. The third-order valence-corrected chi connectivity index (χ3v) is 8.19. The minimum absolute atomic E-state index is 0.585. The van der Waals surface area contributed by atoms with Crippen LogP contribution in [0.3, 0.4) is 0 Å². The van der Waals surface area contributed by atoms with Crippen LogP contribution in [0.4, 0.5) is 0 Å². The lowest BCUT2D eigenvalue weighted by Gasteiger charge is -2.45. The van der Waals surface area contributed by atoms with E-state index in [1.807, 2.05) is 0 Å². The van der Waals surface area contributed by atoms with Crippen LogP contribution in [0.2, 0.25) is 0 Å². The molecule has 4 rings (SSSR count). The van der Waals surface area contributed by atoms with E-state index in [1.54, 1.807) is 6.08 Å². The van der Waals surface area contributed by atoms with Gasteiger partial charge >= 0.3 is 0 Å². The molecule has 1 nitrogen and oxygen atoms in total. The highest BCUT2D eigenvalue weighted by Crippen LogP contribution is 2.50. The molecule has 0 radical (unpaired) electrons. The van der Waals surface area contributed by atoms with E-state index in [9.17, 15) is 0 Å². The SMILES string of the molecule is C=CCOc1ccc(C2CCC(C3CCC4CC(C=C)CCC4C3)CC2)cc1. The molecule has 0 aliphatic heterocycles. The average Bonchev–Trinajstić information content (AvgIpc) is 2.77. The van der Waals surface area contributed by atoms with Gasteiger partial charge in [-0.1, -0.05) is 30.9 Å². The highest BCUT2D eigenvalue weighted by Gasteiger charge is 2.38. The first kappa shape index (κ1) is 19.8. The van der Waals surface area contributed by atoms with Gasteiger partial charge in [-0.25, -0.2) is 0 Å². The maximum atomic E-state index is 5.63. The van der Waals surface area contributed by atoms with E-state index in [1.165, 1.54) is 69.8 Å². The third-order valence-electron chi connectivity index (χ3n) is 8.19. The minimum Gasteiger partial charge on any atom is -0.490 e. The fourth-order valence-corrected chi connectivity index (χ4v) is 6.52. The van der Waals surface area contributed by atoms with Crippen molar-refractivity contribution in [1.82, 2.24) is 0 Å². The van der Waals surface area contributed by atoms with E-state index >= 15 is 0 Å². The van der Waals surface area contributed by atoms with Crippen molar-refractivity contribution in [2.45, 2.75) is 70.1 Å². The van der Waals surface area contributed by atoms with Gasteiger partial charge in [0.15, 0.2) is 0 Å². The lowest BCUT2D eigenvalue weighted by molar-refractivity contribution is 0.0719. The zero-order valence-electron chi connectivity index (χ0n) is 17.5. The number of fused-ring (bicyclic) bond motifs is 1. The first-order chi connectivity index (χ1) is 13.8. The molecule has 1 heteroatoms. The number of hydrogen-bond donors (Lipinski definition) is 0. The van der Waals surface area contributed by atoms with E-state index in [0.717, 1.165) is 41.3 Å². The predicted molar refractivity (Wildman–Crippen MR) is 119 cm³/mol. The van der Waals surface area contributed by atoms with Crippen molar-refractivity contribution in [2.24, 2.45) is 29.6 Å². The van der Waals surface area contributed by atoms with Crippen LogP contribution in [0.5, 0.6) is 5.75 Å².